The summed E-state index contributed by atoms with van der Waals surface area (Å²) in [5.74, 6) is 5.21. The Kier molecular flexibility index (Phi) is 5.54. The van der Waals surface area contributed by atoms with Crippen molar-refractivity contribution in [2.24, 2.45) is 5.84 Å². The molecule has 0 saturated heterocycles. The maximum absolute atomic E-state index is 11.9. The van der Waals surface area contributed by atoms with E-state index in [-0.39, 0.29) is 17.5 Å². The average molecular weight is 273 g/mol. The van der Waals surface area contributed by atoms with Crippen molar-refractivity contribution in [2.75, 3.05) is 18.6 Å². The second-order valence-electron chi connectivity index (χ2n) is 3.79. The largest absolute Gasteiger partial charge is 0.377 e. The van der Waals surface area contributed by atoms with Crippen LogP contribution in [0.2, 0.25) is 0 Å². The van der Waals surface area contributed by atoms with Crippen LogP contribution in [0, 0.1) is 0 Å². The van der Waals surface area contributed by atoms with Crippen molar-refractivity contribution < 1.29 is 13.2 Å². The van der Waals surface area contributed by atoms with E-state index in [0.29, 0.717) is 12.3 Å². The molecule has 0 aliphatic heterocycles. The molecule has 1 unspecified atom stereocenters. The third-order valence-electron chi connectivity index (χ3n) is 2.34. The molecule has 0 spiro atoms. The lowest BCUT2D eigenvalue weighted by atomic mass is 10.3. The summed E-state index contributed by atoms with van der Waals surface area (Å²) in [6, 6.07) is 6.17. The molecule has 1 rings (SSSR count). The van der Waals surface area contributed by atoms with Gasteiger partial charge in [0.15, 0.2) is 0 Å². The molecule has 6 nitrogen and oxygen atoms in total. The van der Waals surface area contributed by atoms with E-state index in [1.165, 1.54) is 12.1 Å². The van der Waals surface area contributed by atoms with E-state index in [4.69, 9.17) is 10.6 Å². The van der Waals surface area contributed by atoms with Gasteiger partial charge in [0.1, 0.15) is 0 Å². The maximum atomic E-state index is 11.9. The van der Waals surface area contributed by atoms with Gasteiger partial charge in [0.25, 0.3) is 0 Å². The normalized spacial score (nSPS) is 13.3. The Labute approximate surface area is 108 Å². The Morgan fingerprint density at radius 2 is 1.94 bits per heavy atom. The van der Waals surface area contributed by atoms with E-state index in [9.17, 15) is 8.42 Å². The van der Waals surface area contributed by atoms with Crippen LogP contribution in [0.25, 0.3) is 0 Å². The molecule has 0 amide bonds. The van der Waals surface area contributed by atoms with Crippen molar-refractivity contribution in [3.63, 3.8) is 0 Å². The van der Waals surface area contributed by atoms with Crippen molar-refractivity contribution in [1.29, 1.82) is 0 Å². The first-order valence-electron chi connectivity index (χ1n) is 5.67. The molecule has 1 aromatic carbocycles. The molecule has 0 fully saturated rings. The number of nitrogen functional groups attached to an aromatic ring is 1. The third-order valence-corrected chi connectivity index (χ3v) is 3.78. The van der Waals surface area contributed by atoms with Gasteiger partial charge in [-0.25, -0.2) is 13.1 Å². The number of ether oxygens (including phenoxy) is 1. The van der Waals surface area contributed by atoms with Crippen LogP contribution >= 0.6 is 0 Å². The fraction of sp³-hybridized carbons (Fsp3) is 0.455. The van der Waals surface area contributed by atoms with Crippen molar-refractivity contribution in [1.82, 2.24) is 4.72 Å². The summed E-state index contributed by atoms with van der Waals surface area (Å²) in [7, 11) is -3.50. The number of rotatable bonds is 7. The molecular formula is C11H19N3O3S. The van der Waals surface area contributed by atoms with Gasteiger partial charge in [0, 0.05) is 18.8 Å². The van der Waals surface area contributed by atoms with E-state index in [2.05, 4.69) is 10.1 Å². The van der Waals surface area contributed by atoms with Crippen LogP contribution in [0.4, 0.5) is 5.69 Å². The quantitative estimate of drug-likeness (QED) is 0.501. The van der Waals surface area contributed by atoms with Crippen LogP contribution in [0.15, 0.2) is 29.2 Å². The summed E-state index contributed by atoms with van der Waals surface area (Å²) in [5, 5.41) is 0. The van der Waals surface area contributed by atoms with Gasteiger partial charge in [-0.3, -0.25) is 5.84 Å². The van der Waals surface area contributed by atoms with Crippen molar-refractivity contribution in [2.45, 2.75) is 24.8 Å². The Morgan fingerprint density at radius 3 is 2.44 bits per heavy atom. The van der Waals surface area contributed by atoms with E-state index in [1.54, 1.807) is 12.1 Å². The first-order chi connectivity index (χ1) is 8.49. The summed E-state index contributed by atoms with van der Waals surface area (Å²) >= 11 is 0. The molecule has 0 aromatic heterocycles. The molecule has 102 valence electrons. The molecule has 1 aromatic rings. The Morgan fingerprint density at radius 1 is 1.33 bits per heavy atom. The zero-order chi connectivity index (χ0) is 13.6. The second-order valence-corrected chi connectivity index (χ2v) is 5.55. The van der Waals surface area contributed by atoms with Gasteiger partial charge in [0.2, 0.25) is 10.0 Å². The molecule has 7 heteroatoms. The highest BCUT2D eigenvalue weighted by molar-refractivity contribution is 7.89. The molecule has 0 bridgehead atoms. The number of nitrogens with two attached hydrogens (primary N) is 1. The maximum Gasteiger partial charge on any atom is 0.240 e. The lowest BCUT2D eigenvalue weighted by Crippen LogP contribution is -2.32. The number of hydrogen-bond acceptors (Lipinski definition) is 5. The second kappa shape index (κ2) is 6.69. The Bertz CT molecular complexity index is 459. The molecular weight excluding hydrogens is 254 g/mol. The molecule has 1 atom stereocenters. The van der Waals surface area contributed by atoms with Gasteiger partial charge in [0.05, 0.1) is 11.0 Å². The zero-order valence-electron chi connectivity index (χ0n) is 10.5. The average Bonchev–Trinajstić information content (AvgIpc) is 2.37. The monoisotopic (exact) mass is 273 g/mol. The Hall–Kier alpha value is -1.15. The van der Waals surface area contributed by atoms with Crippen LogP contribution in [0.1, 0.15) is 13.8 Å². The molecule has 4 N–H and O–H groups in total. The van der Waals surface area contributed by atoms with E-state index in [1.807, 2.05) is 13.8 Å². The minimum atomic E-state index is -3.50. The summed E-state index contributed by atoms with van der Waals surface area (Å²) in [4.78, 5) is 0.199. The molecule has 0 saturated carbocycles. The van der Waals surface area contributed by atoms with Crippen LogP contribution in [-0.2, 0) is 14.8 Å². The highest BCUT2D eigenvalue weighted by Crippen LogP contribution is 2.12. The topological polar surface area (TPSA) is 93.4 Å². The van der Waals surface area contributed by atoms with Gasteiger partial charge in [-0.05, 0) is 38.1 Å². The van der Waals surface area contributed by atoms with Crippen molar-refractivity contribution >= 4 is 15.7 Å². The highest BCUT2D eigenvalue weighted by atomic mass is 32.2. The standard InChI is InChI=1S/C11H19N3O3S/c1-3-17-9(2)8-13-18(15,16)11-6-4-10(14-12)5-7-11/h4-7,9,13-14H,3,8,12H2,1-2H3. The number of hydrazine groups is 1. The summed E-state index contributed by atoms with van der Waals surface area (Å²) in [6.45, 7) is 4.48. The van der Waals surface area contributed by atoms with E-state index >= 15 is 0 Å². The molecule has 0 heterocycles. The third kappa shape index (κ3) is 4.26. The number of nitrogens with one attached hydrogen (secondary N) is 2. The lowest BCUT2D eigenvalue weighted by Gasteiger charge is -2.13. The summed E-state index contributed by atoms with van der Waals surface area (Å²) in [6.07, 6.45) is -0.158. The van der Waals surface area contributed by atoms with Gasteiger partial charge in [-0.1, -0.05) is 0 Å². The van der Waals surface area contributed by atoms with Crippen molar-refractivity contribution in [3.8, 4) is 0 Å². The minimum Gasteiger partial charge on any atom is -0.377 e. The van der Waals surface area contributed by atoms with E-state index < -0.39 is 10.0 Å². The SMILES string of the molecule is CCOC(C)CNS(=O)(=O)c1ccc(NN)cc1. The highest BCUT2D eigenvalue weighted by Gasteiger charge is 2.14. The van der Waals surface area contributed by atoms with Gasteiger partial charge >= 0.3 is 0 Å². The van der Waals surface area contributed by atoms with Crippen LogP contribution in [0.3, 0.4) is 0 Å². The first kappa shape index (κ1) is 14.9. The molecule has 0 radical (unpaired) electrons. The lowest BCUT2D eigenvalue weighted by molar-refractivity contribution is 0.0799. The van der Waals surface area contributed by atoms with Crippen molar-refractivity contribution in [3.05, 3.63) is 24.3 Å². The smallest absolute Gasteiger partial charge is 0.240 e. The predicted octanol–water partition coefficient (Wildman–Crippen LogP) is 0.675. The number of benzene rings is 1. The van der Waals surface area contributed by atoms with Gasteiger partial charge in [-0.2, -0.15) is 0 Å². The molecule has 18 heavy (non-hydrogen) atoms. The summed E-state index contributed by atoms with van der Waals surface area (Å²) < 4.78 is 31.6. The van der Waals surface area contributed by atoms with E-state index in [0.717, 1.165) is 0 Å². The fourth-order valence-electron chi connectivity index (χ4n) is 1.38. The number of anilines is 1. The number of hydrogen-bond donors (Lipinski definition) is 3. The first-order valence-corrected chi connectivity index (χ1v) is 7.16. The van der Waals surface area contributed by atoms with Gasteiger partial charge in [-0.15, -0.1) is 0 Å². The summed E-state index contributed by atoms with van der Waals surface area (Å²) in [5.41, 5.74) is 3.09. The van der Waals surface area contributed by atoms with Crippen LogP contribution < -0.4 is 16.0 Å². The number of sulfonamides is 1. The minimum absolute atomic E-state index is 0.158. The van der Waals surface area contributed by atoms with Gasteiger partial charge < -0.3 is 10.2 Å². The molecule has 0 aliphatic rings. The fourth-order valence-corrected chi connectivity index (χ4v) is 2.50. The van der Waals surface area contributed by atoms with Crippen LogP contribution in [0.5, 0.6) is 0 Å². The predicted molar refractivity (Wildman–Crippen MR) is 70.5 cm³/mol. The molecule has 0 aliphatic carbocycles. The zero-order valence-corrected chi connectivity index (χ0v) is 11.3. The Balaban J connectivity index is 2.67. The van der Waals surface area contributed by atoms with Crippen LogP contribution in [-0.4, -0.2) is 27.7 Å².